The first-order valence-corrected chi connectivity index (χ1v) is 7.35. The Morgan fingerprint density at radius 2 is 2.20 bits per heavy atom. The highest BCUT2D eigenvalue weighted by atomic mass is 32.1. The van der Waals surface area contributed by atoms with Crippen LogP contribution in [0.4, 0.5) is 0 Å². The van der Waals surface area contributed by atoms with Crippen molar-refractivity contribution in [2.24, 2.45) is 5.92 Å². The van der Waals surface area contributed by atoms with Gasteiger partial charge >= 0.3 is 5.97 Å². The standard InChI is InChI=1S/C14H14N2O3S/c1-8-6-20-7-11(8)12-15-13(19-16-12)9-4-2-3-5-10(9)14(17)18/h2-3,6-7,9-10H,4-5H2,1H3,(H,17,18)/t9-,10+/m1/s1. The first kappa shape index (κ1) is 13.1. The summed E-state index contributed by atoms with van der Waals surface area (Å²) >= 11 is 1.58. The Labute approximate surface area is 119 Å². The Balaban J connectivity index is 1.91. The van der Waals surface area contributed by atoms with Gasteiger partial charge in [-0.05, 0) is 30.7 Å². The molecular formula is C14H14N2O3S. The summed E-state index contributed by atoms with van der Waals surface area (Å²) in [4.78, 5) is 15.7. The van der Waals surface area contributed by atoms with Crippen LogP contribution in [-0.2, 0) is 4.79 Å². The van der Waals surface area contributed by atoms with Gasteiger partial charge in [0.1, 0.15) is 0 Å². The maximum absolute atomic E-state index is 11.3. The van der Waals surface area contributed by atoms with Crippen LogP contribution in [0.3, 0.4) is 0 Å². The molecule has 5 nitrogen and oxygen atoms in total. The van der Waals surface area contributed by atoms with E-state index < -0.39 is 11.9 Å². The van der Waals surface area contributed by atoms with Crippen LogP contribution < -0.4 is 0 Å². The Kier molecular flexibility index (Phi) is 3.40. The van der Waals surface area contributed by atoms with E-state index in [1.54, 1.807) is 11.3 Å². The van der Waals surface area contributed by atoms with Crippen molar-refractivity contribution >= 4 is 17.3 Å². The molecule has 6 heteroatoms. The molecular weight excluding hydrogens is 276 g/mol. The number of carboxylic acids is 1. The molecule has 0 aromatic carbocycles. The maximum Gasteiger partial charge on any atom is 0.307 e. The summed E-state index contributed by atoms with van der Waals surface area (Å²) in [7, 11) is 0. The largest absolute Gasteiger partial charge is 0.481 e. The van der Waals surface area contributed by atoms with Gasteiger partial charge in [0.05, 0.1) is 11.8 Å². The van der Waals surface area contributed by atoms with E-state index in [0.717, 1.165) is 11.1 Å². The number of hydrogen-bond donors (Lipinski definition) is 1. The normalized spacial score (nSPS) is 22.1. The topological polar surface area (TPSA) is 76.2 Å². The van der Waals surface area contributed by atoms with Crippen LogP contribution in [0.2, 0.25) is 0 Å². The number of thiophene rings is 1. The predicted molar refractivity (Wildman–Crippen MR) is 74.6 cm³/mol. The minimum Gasteiger partial charge on any atom is -0.481 e. The highest BCUT2D eigenvalue weighted by Crippen LogP contribution is 2.35. The van der Waals surface area contributed by atoms with Gasteiger partial charge in [0.25, 0.3) is 0 Å². The lowest BCUT2D eigenvalue weighted by molar-refractivity contribution is -0.142. The van der Waals surface area contributed by atoms with E-state index in [1.807, 2.05) is 29.8 Å². The zero-order chi connectivity index (χ0) is 14.1. The molecule has 1 aliphatic rings. The maximum atomic E-state index is 11.3. The van der Waals surface area contributed by atoms with Crippen molar-refractivity contribution in [3.63, 3.8) is 0 Å². The first-order valence-electron chi connectivity index (χ1n) is 6.41. The van der Waals surface area contributed by atoms with E-state index >= 15 is 0 Å². The lowest BCUT2D eigenvalue weighted by atomic mass is 9.83. The Bertz CT molecular complexity index is 659. The second kappa shape index (κ2) is 5.20. The van der Waals surface area contributed by atoms with E-state index in [1.165, 1.54) is 0 Å². The predicted octanol–water partition coefficient (Wildman–Crippen LogP) is 3.24. The van der Waals surface area contributed by atoms with Crippen molar-refractivity contribution in [2.75, 3.05) is 0 Å². The Morgan fingerprint density at radius 3 is 2.90 bits per heavy atom. The second-order valence-electron chi connectivity index (χ2n) is 4.92. The quantitative estimate of drug-likeness (QED) is 0.878. The minimum atomic E-state index is -0.814. The fourth-order valence-electron chi connectivity index (χ4n) is 2.44. The molecule has 0 unspecified atom stereocenters. The zero-order valence-electron chi connectivity index (χ0n) is 10.9. The van der Waals surface area contributed by atoms with Gasteiger partial charge in [0, 0.05) is 10.9 Å². The van der Waals surface area contributed by atoms with E-state index in [-0.39, 0.29) is 5.92 Å². The van der Waals surface area contributed by atoms with Crippen LogP contribution in [0.25, 0.3) is 11.4 Å². The van der Waals surface area contributed by atoms with Gasteiger partial charge in [-0.15, -0.1) is 0 Å². The fourth-order valence-corrected chi connectivity index (χ4v) is 3.27. The molecule has 0 saturated carbocycles. The van der Waals surface area contributed by atoms with Gasteiger partial charge in [0.2, 0.25) is 11.7 Å². The van der Waals surface area contributed by atoms with Crippen molar-refractivity contribution in [1.82, 2.24) is 10.1 Å². The lowest BCUT2D eigenvalue weighted by Crippen LogP contribution is -2.23. The van der Waals surface area contributed by atoms with Crippen molar-refractivity contribution in [2.45, 2.75) is 25.7 Å². The monoisotopic (exact) mass is 290 g/mol. The number of allylic oxidation sites excluding steroid dienone is 2. The van der Waals surface area contributed by atoms with E-state index in [9.17, 15) is 9.90 Å². The van der Waals surface area contributed by atoms with Gasteiger partial charge in [-0.2, -0.15) is 16.3 Å². The van der Waals surface area contributed by atoms with E-state index in [2.05, 4.69) is 10.1 Å². The average Bonchev–Trinajstić information content (AvgIpc) is 3.07. The average molecular weight is 290 g/mol. The van der Waals surface area contributed by atoms with Gasteiger partial charge in [0.15, 0.2) is 0 Å². The third-order valence-corrected chi connectivity index (χ3v) is 4.47. The Hall–Kier alpha value is -1.95. The number of rotatable bonds is 3. The van der Waals surface area contributed by atoms with Crippen molar-refractivity contribution in [1.29, 1.82) is 0 Å². The molecule has 0 amide bonds. The number of aliphatic carboxylic acids is 1. The molecule has 104 valence electrons. The number of carbonyl (C=O) groups is 1. The number of hydrogen-bond acceptors (Lipinski definition) is 5. The minimum absolute atomic E-state index is 0.238. The lowest BCUT2D eigenvalue weighted by Gasteiger charge is -2.21. The zero-order valence-corrected chi connectivity index (χ0v) is 11.8. The van der Waals surface area contributed by atoms with E-state index in [4.69, 9.17) is 4.52 Å². The van der Waals surface area contributed by atoms with Crippen molar-refractivity contribution < 1.29 is 14.4 Å². The summed E-state index contributed by atoms with van der Waals surface area (Å²) in [5.41, 5.74) is 2.05. The van der Waals surface area contributed by atoms with Crippen LogP contribution in [0, 0.1) is 12.8 Å². The van der Waals surface area contributed by atoms with Crippen LogP contribution in [0.15, 0.2) is 27.4 Å². The van der Waals surface area contributed by atoms with Crippen LogP contribution in [0.5, 0.6) is 0 Å². The fraction of sp³-hybridized carbons (Fsp3) is 0.357. The first-order chi connectivity index (χ1) is 9.66. The summed E-state index contributed by atoms with van der Waals surface area (Å²) in [6, 6.07) is 0. The number of carboxylic acid groups (broad SMARTS) is 1. The molecule has 0 saturated heterocycles. The molecule has 2 heterocycles. The number of aromatic nitrogens is 2. The summed E-state index contributed by atoms with van der Waals surface area (Å²) in [5, 5.41) is 17.3. The van der Waals surface area contributed by atoms with E-state index in [0.29, 0.717) is 24.6 Å². The molecule has 2 aromatic rings. The molecule has 0 fully saturated rings. The molecule has 0 aliphatic heterocycles. The molecule has 1 N–H and O–H groups in total. The highest BCUT2D eigenvalue weighted by Gasteiger charge is 2.34. The molecule has 0 radical (unpaired) electrons. The van der Waals surface area contributed by atoms with Gasteiger partial charge in [-0.3, -0.25) is 4.79 Å². The van der Waals surface area contributed by atoms with Crippen molar-refractivity contribution in [3.8, 4) is 11.4 Å². The highest BCUT2D eigenvalue weighted by molar-refractivity contribution is 7.08. The molecule has 2 atom stereocenters. The smallest absolute Gasteiger partial charge is 0.307 e. The molecule has 0 spiro atoms. The van der Waals surface area contributed by atoms with Crippen LogP contribution >= 0.6 is 11.3 Å². The van der Waals surface area contributed by atoms with Crippen LogP contribution in [-0.4, -0.2) is 21.2 Å². The molecule has 2 aromatic heterocycles. The van der Waals surface area contributed by atoms with Gasteiger partial charge in [-0.1, -0.05) is 17.3 Å². The summed E-state index contributed by atoms with van der Waals surface area (Å²) in [6.45, 7) is 1.99. The molecule has 0 bridgehead atoms. The number of aryl methyl sites for hydroxylation is 1. The van der Waals surface area contributed by atoms with Gasteiger partial charge in [-0.25, -0.2) is 0 Å². The van der Waals surface area contributed by atoms with Crippen molar-refractivity contribution in [3.05, 3.63) is 34.4 Å². The number of nitrogens with zero attached hydrogens (tertiary/aromatic N) is 2. The molecule has 3 rings (SSSR count). The summed E-state index contributed by atoms with van der Waals surface area (Å²) < 4.78 is 5.31. The summed E-state index contributed by atoms with van der Waals surface area (Å²) in [6.07, 6.45) is 5.01. The summed E-state index contributed by atoms with van der Waals surface area (Å²) in [5.74, 6) is -0.583. The van der Waals surface area contributed by atoms with Gasteiger partial charge < -0.3 is 9.63 Å². The molecule has 1 aliphatic carbocycles. The Morgan fingerprint density at radius 1 is 1.40 bits per heavy atom. The van der Waals surface area contributed by atoms with Crippen LogP contribution in [0.1, 0.15) is 30.2 Å². The second-order valence-corrected chi connectivity index (χ2v) is 5.66. The molecule has 20 heavy (non-hydrogen) atoms. The third-order valence-electron chi connectivity index (χ3n) is 3.60. The SMILES string of the molecule is Cc1cscc1-c1noc([C@@H]2CC=CC[C@@H]2C(=O)O)n1. The third kappa shape index (κ3) is 2.27.